The van der Waals surface area contributed by atoms with Crippen molar-refractivity contribution in [2.45, 2.75) is 5.92 Å². The second-order valence-electron chi connectivity index (χ2n) is 4.51. The molecule has 1 unspecified atom stereocenters. The van der Waals surface area contributed by atoms with Gasteiger partial charge in [-0.1, -0.05) is 6.07 Å². The maximum Gasteiger partial charge on any atom is 0.115 e. The Balaban J connectivity index is 2.06. The first-order chi connectivity index (χ1) is 9.19. The number of aromatic nitrogens is 4. The number of halogens is 1. The average molecular weight is 320 g/mol. The van der Waals surface area contributed by atoms with E-state index >= 15 is 0 Å². The zero-order valence-electron chi connectivity index (χ0n) is 10.5. The molecule has 5 nitrogen and oxygen atoms in total. The number of benzene rings is 1. The summed E-state index contributed by atoms with van der Waals surface area (Å²) in [6, 6.07) is 6.22. The Hall–Kier alpha value is -1.66. The molecular weight excluding hydrogens is 306 g/mol. The van der Waals surface area contributed by atoms with Gasteiger partial charge in [0.2, 0.25) is 0 Å². The second kappa shape index (κ2) is 4.79. The van der Waals surface area contributed by atoms with Gasteiger partial charge in [0.15, 0.2) is 0 Å². The lowest BCUT2D eigenvalue weighted by atomic mass is 9.98. The third-order valence-electron chi connectivity index (χ3n) is 3.28. The Morgan fingerprint density at radius 1 is 1.42 bits per heavy atom. The predicted octanol–water partition coefficient (Wildman–Crippen LogP) is 2.15. The van der Waals surface area contributed by atoms with E-state index in [-0.39, 0.29) is 5.92 Å². The molecule has 0 spiro atoms. The molecule has 1 aromatic carbocycles. The number of nitrogens with two attached hydrogens (primary N) is 1. The highest BCUT2D eigenvalue weighted by molar-refractivity contribution is 9.10. The summed E-state index contributed by atoms with van der Waals surface area (Å²) in [5.74, 6) is 0.919. The summed E-state index contributed by atoms with van der Waals surface area (Å²) in [5.41, 5.74) is 9.10. The monoisotopic (exact) mass is 319 g/mol. The van der Waals surface area contributed by atoms with Crippen LogP contribution in [0.4, 0.5) is 0 Å². The zero-order valence-corrected chi connectivity index (χ0v) is 12.1. The first-order valence-corrected chi connectivity index (χ1v) is 6.80. The summed E-state index contributed by atoms with van der Waals surface area (Å²) in [5, 5.41) is 0. The SMILES string of the molecule is Cn1cnc2cc(C(CN)c3ncc(Br)[nH]3)ccc21. The van der Waals surface area contributed by atoms with Crippen LogP contribution in [0.2, 0.25) is 0 Å². The second-order valence-corrected chi connectivity index (χ2v) is 5.36. The maximum absolute atomic E-state index is 5.89. The molecular formula is C13H14BrN5. The highest BCUT2D eigenvalue weighted by Gasteiger charge is 2.16. The number of H-pyrrole nitrogens is 1. The lowest BCUT2D eigenvalue weighted by Gasteiger charge is -2.12. The van der Waals surface area contributed by atoms with Crippen LogP contribution in [0, 0.1) is 0 Å². The van der Waals surface area contributed by atoms with Crippen LogP contribution in [0.5, 0.6) is 0 Å². The van der Waals surface area contributed by atoms with E-state index in [9.17, 15) is 0 Å². The molecule has 2 heterocycles. The number of fused-ring (bicyclic) bond motifs is 1. The molecule has 0 fully saturated rings. The van der Waals surface area contributed by atoms with E-state index in [1.165, 1.54) is 0 Å². The van der Waals surface area contributed by atoms with Crippen LogP contribution in [0.3, 0.4) is 0 Å². The smallest absolute Gasteiger partial charge is 0.115 e. The summed E-state index contributed by atoms with van der Waals surface area (Å²) >= 11 is 3.37. The number of aryl methyl sites for hydroxylation is 1. The molecule has 3 aromatic rings. The fourth-order valence-electron chi connectivity index (χ4n) is 2.27. The first kappa shape index (κ1) is 12.4. The Bertz CT molecular complexity index is 715. The van der Waals surface area contributed by atoms with Crippen molar-refractivity contribution in [1.82, 2.24) is 19.5 Å². The topological polar surface area (TPSA) is 72.5 Å². The van der Waals surface area contributed by atoms with Gasteiger partial charge in [-0.05, 0) is 33.6 Å². The largest absolute Gasteiger partial charge is 0.336 e. The van der Waals surface area contributed by atoms with Crippen molar-refractivity contribution in [3.05, 3.63) is 46.7 Å². The molecule has 0 aliphatic carbocycles. The van der Waals surface area contributed by atoms with E-state index in [4.69, 9.17) is 5.73 Å². The maximum atomic E-state index is 5.89. The van der Waals surface area contributed by atoms with Crippen molar-refractivity contribution < 1.29 is 0 Å². The number of aromatic amines is 1. The first-order valence-electron chi connectivity index (χ1n) is 6.00. The van der Waals surface area contributed by atoms with Crippen molar-refractivity contribution >= 4 is 27.0 Å². The van der Waals surface area contributed by atoms with Crippen molar-refractivity contribution in [3.8, 4) is 0 Å². The number of imidazole rings is 2. The number of hydrogen-bond acceptors (Lipinski definition) is 3. The lowest BCUT2D eigenvalue weighted by molar-refractivity contribution is 0.765. The minimum Gasteiger partial charge on any atom is -0.336 e. The normalized spacial score (nSPS) is 13.0. The van der Waals surface area contributed by atoms with Crippen LogP contribution in [0.15, 0.2) is 35.3 Å². The van der Waals surface area contributed by atoms with Gasteiger partial charge in [-0.25, -0.2) is 9.97 Å². The van der Waals surface area contributed by atoms with Crippen LogP contribution in [-0.4, -0.2) is 26.1 Å². The molecule has 19 heavy (non-hydrogen) atoms. The molecule has 0 aliphatic heterocycles. The van der Waals surface area contributed by atoms with E-state index in [0.717, 1.165) is 27.0 Å². The Morgan fingerprint density at radius 3 is 2.95 bits per heavy atom. The van der Waals surface area contributed by atoms with Gasteiger partial charge in [0.1, 0.15) is 10.4 Å². The van der Waals surface area contributed by atoms with Crippen LogP contribution in [0.25, 0.3) is 11.0 Å². The van der Waals surface area contributed by atoms with Crippen LogP contribution < -0.4 is 5.73 Å². The van der Waals surface area contributed by atoms with E-state index in [2.05, 4.69) is 49.1 Å². The Kier molecular flexibility index (Phi) is 3.12. The van der Waals surface area contributed by atoms with E-state index in [0.29, 0.717) is 6.54 Å². The van der Waals surface area contributed by atoms with Crippen LogP contribution >= 0.6 is 15.9 Å². The van der Waals surface area contributed by atoms with Gasteiger partial charge in [0.05, 0.1) is 29.5 Å². The minimum absolute atomic E-state index is 0.0534. The van der Waals surface area contributed by atoms with Gasteiger partial charge in [0.25, 0.3) is 0 Å². The molecule has 0 saturated carbocycles. The summed E-state index contributed by atoms with van der Waals surface area (Å²) in [7, 11) is 1.99. The third-order valence-corrected chi connectivity index (χ3v) is 3.69. The van der Waals surface area contributed by atoms with Gasteiger partial charge in [-0.2, -0.15) is 0 Å². The highest BCUT2D eigenvalue weighted by atomic mass is 79.9. The summed E-state index contributed by atoms with van der Waals surface area (Å²) in [4.78, 5) is 11.9. The molecule has 98 valence electrons. The van der Waals surface area contributed by atoms with Gasteiger partial charge in [0, 0.05) is 13.6 Å². The molecule has 3 rings (SSSR count). The minimum atomic E-state index is 0.0534. The van der Waals surface area contributed by atoms with Crippen LogP contribution in [0.1, 0.15) is 17.3 Å². The van der Waals surface area contributed by atoms with Crippen molar-refractivity contribution in [2.75, 3.05) is 6.54 Å². The number of hydrogen-bond donors (Lipinski definition) is 2. The fraction of sp³-hybridized carbons (Fsp3) is 0.231. The van der Waals surface area contributed by atoms with E-state index < -0.39 is 0 Å². The molecule has 0 radical (unpaired) electrons. The molecule has 0 saturated heterocycles. The fourth-order valence-corrected chi connectivity index (χ4v) is 2.57. The average Bonchev–Trinajstić information content (AvgIpc) is 2.98. The molecule has 6 heteroatoms. The van der Waals surface area contributed by atoms with Gasteiger partial charge in [-0.3, -0.25) is 0 Å². The molecule has 0 bridgehead atoms. The summed E-state index contributed by atoms with van der Waals surface area (Å²) in [6.07, 6.45) is 3.56. The Morgan fingerprint density at radius 2 is 2.26 bits per heavy atom. The quantitative estimate of drug-likeness (QED) is 0.777. The molecule has 1 atom stereocenters. The Labute approximate surface area is 119 Å². The van der Waals surface area contributed by atoms with Crippen molar-refractivity contribution in [3.63, 3.8) is 0 Å². The summed E-state index contributed by atoms with van der Waals surface area (Å²) in [6.45, 7) is 0.498. The zero-order chi connectivity index (χ0) is 13.4. The highest BCUT2D eigenvalue weighted by Crippen LogP contribution is 2.25. The van der Waals surface area contributed by atoms with Gasteiger partial charge < -0.3 is 15.3 Å². The number of rotatable bonds is 3. The molecule has 0 amide bonds. The molecule has 0 aliphatic rings. The number of nitrogens with one attached hydrogen (secondary N) is 1. The van der Waals surface area contributed by atoms with Crippen LogP contribution in [-0.2, 0) is 7.05 Å². The van der Waals surface area contributed by atoms with E-state index in [1.807, 2.05) is 17.9 Å². The van der Waals surface area contributed by atoms with Gasteiger partial charge >= 0.3 is 0 Å². The third kappa shape index (κ3) is 2.17. The molecule has 3 N–H and O–H groups in total. The van der Waals surface area contributed by atoms with Gasteiger partial charge in [-0.15, -0.1) is 0 Å². The predicted molar refractivity (Wildman–Crippen MR) is 77.9 cm³/mol. The van der Waals surface area contributed by atoms with E-state index in [1.54, 1.807) is 6.20 Å². The standard InChI is InChI=1S/C13H14BrN5/c1-19-7-17-10-4-8(2-3-11(10)19)9(5-15)13-16-6-12(14)18-13/h2-4,6-7,9H,5,15H2,1H3,(H,16,18). The molecule has 2 aromatic heterocycles. The van der Waals surface area contributed by atoms with Crippen molar-refractivity contribution in [1.29, 1.82) is 0 Å². The lowest BCUT2D eigenvalue weighted by Crippen LogP contribution is -2.15. The number of nitrogens with zero attached hydrogens (tertiary/aromatic N) is 3. The van der Waals surface area contributed by atoms with Crippen molar-refractivity contribution in [2.24, 2.45) is 12.8 Å². The summed E-state index contributed by atoms with van der Waals surface area (Å²) < 4.78 is 2.86.